The summed E-state index contributed by atoms with van der Waals surface area (Å²) in [5, 5.41) is 6.94. The van der Waals surface area contributed by atoms with Crippen LogP contribution in [0.1, 0.15) is 48.9 Å². The number of aryl methyl sites for hydroxylation is 1. The number of alkyl carbamates (subject to hydrolysis) is 1. The maximum absolute atomic E-state index is 13.0. The van der Waals surface area contributed by atoms with Crippen molar-refractivity contribution in [2.75, 3.05) is 26.2 Å². The molecule has 3 aliphatic rings. The molecule has 2 aromatic rings. The van der Waals surface area contributed by atoms with Gasteiger partial charge < -0.3 is 24.7 Å². The molecule has 0 radical (unpaired) electrons. The number of ether oxygens (including phenoxy) is 1. The van der Waals surface area contributed by atoms with Gasteiger partial charge in [-0.25, -0.2) is 14.6 Å². The van der Waals surface area contributed by atoms with Gasteiger partial charge in [-0.15, -0.1) is 11.6 Å². The number of likely N-dealkylation sites (tertiary alicyclic amines) is 1. The molecule has 4 heterocycles. The molecule has 3 amide bonds. The number of hydrogen-bond donors (Lipinski definition) is 2. The fourth-order valence-electron chi connectivity index (χ4n) is 4.74. The molecule has 5 rings (SSSR count). The van der Waals surface area contributed by atoms with Crippen molar-refractivity contribution in [3.05, 3.63) is 22.3 Å². The second-order valence-electron chi connectivity index (χ2n) is 8.50. The number of rotatable bonds is 2. The average molecular weight is 468 g/mol. The number of carbonyl (C=O) groups is 2. The number of furan rings is 1. The van der Waals surface area contributed by atoms with Gasteiger partial charge in [0.1, 0.15) is 23.3 Å². The molecule has 9 nitrogen and oxygen atoms in total. The summed E-state index contributed by atoms with van der Waals surface area (Å²) in [7, 11) is 0. The van der Waals surface area contributed by atoms with Crippen LogP contribution >= 0.6 is 23.2 Å². The highest BCUT2D eigenvalue weighted by Gasteiger charge is 2.40. The Morgan fingerprint density at radius 1 is 1.32 bits per heavy atom. The standard InChI is InChI=1S/C20H23Cl2N5O4/c21-8-13-25-16(22)14-11-2-1-3-12(15(11)31-17(14)26-13)24-18(28)27-6-4-20(5-7-27)9-23-19(29)30-10-20/h12H,1-10H2,(H,23,29)(H,24,28). The Labute approximate surface area is 188 Å². The number of amides is 3. The third-order valence-corrected chi connectivity index (χ3v) is 7.08. The van der Waals surface area contributed by atoms with Crippen LogP contribution in [0.2, 0.25) is 5.15 Å². The minimum absolute atomic E-state index is 0.0863. The molecular formula is C20H23Cl2N5O4. The van der Waals surface area contributed by atoms with Gasteiger partial charge in [-0.05, 0) is 32.1 Å². The Morgan fingerprint density at radius 3 is 2.84 bits per heavy atom. The smallest absolute Gasteiger partial charge is 0.407 e. The van der Waals surface area contributed by atoms with Crippen molar-refractivity contribution in [1.29, 1.82) is 0 Å². The van der Waals surface area contributed by atoms with Crippen LogP contribution in [0.4, 0.5) is 9.59 Å². The van der Waals surface area contributed by atoms with E-state index in [2.05, 4.69) is 20.6 Å². The van der Waals surface area contributed by atoms with Gasteiger partial charge in [-0.2, -0.15) is 4.98 Å². The first-order chi connectivity index (χ1) is 15.0. The van der Waals surface area contributed by atoms with E-state index in [1.807, 2.05) is 4.90 Å². The molecule has 1 aliphatic carbocycles. The third kappa shape index (κ3) is 3.78. The van der Waals surface area contributed by atoms with E-state index in [9.17, 15) is 9.59 Å². The van der Waals surface area contributed by atoms with Crippen molar-refractivity contribution < 1.29 is 18.7 Å². The van der Waals surface area contributed by atoms with Crippen molar-refractivity contribution in [3.8, 4) is 0 Å². The number of carbonyl (C=O) groups excluding carboxylic acids is 2. The summed E-state index contributed by atoms with van der Waals surface area (Å²) in [6.45, 7) is 2.23. The van der Waals surface area contributed by atoms with Crippen LogP contribution in [0.25, 0.3) is 11.1 Å². The number of piperidine rings is 1. The zero-order chi connectivity index (χ0) is 21.6. The molecule has 31 heavy (non-hydrogen) atoms. The molecule has 2 aliphatic heterocycles. The highest BCUT2D eigenvalue weighted by atomic mass is 35.5. The first kappa shape index (κ1) is 20.6. The number of nitrogens with one attached hydrogen (secondary N) is 2. The minimum Gasteiger partial charge on any atom is -0.449 e. The molecule has 2 fully saturated rings. The third-order valence-electron chi connectivity index (χ3n) is 6.57. The van der Waals surface area contributed by atoms with Crippen molar-refractivity contribution in [2.24, 2.45) is 5.41 Å². The number of urea groups is 1. The summed E-state index contributed by atoms with van der Waals surface area (Å²) in [5.74, 6) is 1.26. The number of hydrogen-bond acceptors (Lipinski definition) is 6. The van der Waals surface area contributed by atoms with Crippen LogP contribution in [-0.2, 0) is 17.0 Å². The monoisotopic (exact) mass is 467 g/mol. The molecule has 2 N–H and O–H groups in total. The van der Waals surface area contributed by atoms with Gasteiger partial charge in [0.15, 0.2) is 0 Å². The lowest BCUT2D eigenvalue weighted by Crippen LogP contribution is -2.55. The van der Waals surface area contributed by atoms with Gasteiger partial charge in [-0.1, -0.05) is 11.6 Å². The molecule has 2 aromatic heterocycles. The summed E-state index contributed by atoms with van der Waals surface area (Å²) in [6.07, 6.45) is 3.69. The van der Waals surface area contributed by atoms with Crippen LogP contribution in [0.15, 0.2) is 4.42 Å². The molecule has 2 saturated heterocycles. The maximum atomic E-state index is 13.0. The Bertz CT molecular complexity index is 1020. The van der Waals surface area contributed by atoms with Gasteiger partial charge in [0, 0.05) is 30.6 Å². The van der Waals surface area contributed by atoms with E-state index in [1.165, 1.54) is 0 Å². The number of cyclic esters (lactones) is 1. The fraction of sp³-hybridized carbons (Fsp3) is 0.600. The SMILES string of the molecule is O=C1NCC2(CCN(C(=O)NC3CCCc4c3oc3nc(CCl)nc(Cl)c43)CC2)CO1. The zero-order valence-electron chi connectivity index (χ0n) is 16.9. The van der Waals surface area contributed by atoms with E-state index < -0.39 is 0 Å². The zero-order valence-corrected chi connectivity index (χ0v) is 18.4. The fourth-order valence-corrected chi connectivity index (χ4v) is 5.15. The van der Waals surface area contributed by atoms with E-state index in [0.717, 1.165) is 37.7 Å². The Hall–Kier alpha value is -2.26. The Balaban J connectivity index is 1.29. The summed E-state index contributed by atoms with van der Waals surface area (Å²) >= 11 is 12.2. The van der Waals surface area contributed by atoms with Crippen molar-refractivity contribution in [1.82, 2.24) is 25.5 Å². The maximum Gasteiger partial charge on any atom is 0.407 e. The van der Waals surface area contributed by atoms with Crippen LogP contribution in [0.3, 0.4) is 0 Å². The molecule has 0 aromatic carbocycles. The molecule has 11 heteroatoms. The lowest BCUT2D eigenvalue weighted by molar-refractivity contribution is 0.0134. The highest BCUT2D eigenvalue weighted by molar-refractivity contribution is 6.34. The molecule has 166 valence electrons. The Kier molecular flexibility index (Phi) is 5.34. The van der Waals surface area contributed by atoms with E-state index in [4.69, 9.17) is 32.4 Å². The topological polar surface area (TPSA) is 110 Å². The molecular weight excluding hydrogens is 445 g/mol. The lowest BCUT2D eigenvalue weighted by atomic mass is 9.78. The molecule has 1 atom stereocenters. The summed E-state index contributed by atoms with van der Waals surface area (Å²) in [5.41, 5.74) is 1.29. The van der Waals surface area contributed by atoms with Gasteiger partial charge in [0.25, 0.3) is 0 Å². The first-order valence-electron chi connectivity index (χ1n) is 10.5. The summed E-state index contributed by atoms with van der Waals surface area (Å²) in [4.78, 5) is 34.7. The van der Waals surface area contributed by atoms with Crippen LogP contribution < -0.4 is 10.6 Å². The summed E-state index contributed by atoms with van der Waals surface area (Å²) in [6, 6.07) is -0.360. The second-order valence-corrected chi connectivity index (χ2v) is 9.13. The number of alkyl halides is 1. The number of fused-ring (bicyclic) bond motifs is 3. The number of aromatic nitrogens is 2. The van der Waals surface area contributed by atoms with Gasteiger partial charge in [0.05, 0.1) is 17.3 Å². The van der Waals surface area contributed by atoms with E-state index in [1.54, 1.807) is 0 Å². The largest absolute Gasteiger partial charge is 0.449 e. The molecule has 0 bridgehead atoms. The normalized spacial score (nSPS) is 22.7. The lowest BCUT2D eigenvalue weighted by Gasteiger charge is -2.43. The molecule has 1 unspecified atom stereocenters. The van der Waals surface area contributed by atoms with E-state index in [-0.39, 0.29) is 29.5 Å². The average Bonchev–Trinajstić information content (AvgIpc) is 3.16. The second kappa shape index (κ2) is 8.02. The number of nitrogens with zero attached hydrogens (tertiary/aromatic N) is 3. The van der Waals surface area contributed by atoms with Crippen LogP contribution in [0.5, 0.6) is 0 Å². The highest BCUT2D eigenvalue weighted by Crippen LogP contribution is 2.39. The van der Waals surface area contributed by atoms with Gasteiger partial charge >= 0.3 is 12.1 Å². The molecule has 1 spiro atoms. The van der Waals surface area contributed by atoms with Crippen LogP contribution in [0, 0.1) is 5.41 Å². The molecule has 0 saturated carbocycles. The quantitative estimate of drug-likeness (QED) is 0.516. The van der Waals surface area contributed by atoms with Crippen LogP contribution in [-0.4, -0.2) is 53.2 Å². The van der Waals surface area contributed by atoms with Crippen molar-refractivity contribution >= 4 is 46.4 Å². The summed E-state index contributed by atoms with van der Waals surface area (Å²) < 4.78 is 11.2. The Morgan fingerprint density at radius 2 is 2.13 bits per heavy atom. The van der Waals surface area contributed by atoms with Crippen molar-refractivity contribution in [2.45, 2.75) is 44.0 Å². The van der Waals surface area contributed by atoms with E-state index in [0.29, 0.717) is 54.1 Å². The van der Waals surface area contributed by atoms with E-state index >= 15 is 0 Å². The van der Waals surface area contributed by atoms with Gasteiger partial charge in [-0.3, -0.25) is 0 Å². The first-order valence-corrected chi connectivity index (χ1v) is 11.4. The van der Waals surface area contributed by atoms with Gasteiger partial charge in [0.2, 0.25) is 5.71 Å². The minimum atomic E-state index is -0.368. The predicted molar refractivity (Wildman–Crippen MR) is 113 cm³/mol. The predicted octanol–water partition coefficient (Wildman–Crippen LogP) is 3.52. The number of halogens is 2. The van der Waals surface area contributed by atoms with Crippen molar-refractivity contribution in [3.63, 3.8) is 0 Å².